The standard InChI is InChI=1S/C26H29N3O5/c1-4-5-14-33-19-11-9-18(10-12-19)27-26(31)24-16(2)23-21(7-6-8-22(23)34-24)28-29-25(30)20-13-15-32-17(20)3/h9-13,15H,4-8,14H2,1-3H3,(H,27,31)(H,29,30)/b28-21+. The quantitative estimate of drug-likeness (QED) is 0.344. The Kier molecular flexibility index (Phi) is 7.15. The molecule has 2 heterocycles. The Morgan fingerprint density at radius 3 is 2.59 bits per heavy atom. The molecule has 34 heavy (non-hydrogen) atoms. The molecule has 0 atom stereocenters. The van der Waals surface area contributed by atoms with Crippen molar-refractivity contribution in [1.29, 1.82) is 0 Å². The van der Waals surface area contributed by atoms with Crippen LogP contribution in [-0.2, 0) is 6.42 Å². The first-order chi connectivity index (χ1) is 16.5. The van der Waals surface area contributed by atoms with Crippen molar-refractivity contribution in [2.45, 2.75) is 52.9 Å². The molecule has 1 aromatic carbocycles. The molecule has 8 heteroatoms. The molecule has 2 N–H and O–H groups in total. The van der Waals surface area contributed by atoms with Crippen LogP contribution in [0, 0.1) is 13.8 Å². The number of nitrogens with zero attached hydrogens (tertiary/aromatic N) is 1. The molecule has 0 fully saturated rings. The summed E-state index contributed by atoms with van der Waals surface area (Å²) in [5.41, 5.74) is 5.89. The van der Waals surface area contributed by atoms with Gasteiger partial charge in [-0.1, -0.05) is 13.3 Å². The van der Waals surface area contributed by atoms with Gasteiger partial charge < -0.3 is 18.9 Å². The van der Waals surface area contributed by atoms with E-state index >= 15 is 0 Å². The molecule has 0 spiro atoms. The van der Waals surface area contributed by atoms with Crippen LogP contribution in [-0.4, -0.2) is 24.1 Å². The number of unbranched alkanes of at least 4 members (excludes halogenated alkanes) is 1. The highest BCUT2D eigenvalue weighted by atomic mass is 16.5. The van der Waals surface area contributed by atoms with E-state index in [2.05, 4.69) is 22.8 Å². The van der Waals surface area contributed by atoms with E-state index in [1.807, 2.05) is 19.1 Å². The molecule has 0 saturated carbocycles. The molecule has 0 radical (unpaired) electrons. The summed E-state index contributed by atoms with van der Waals surface area (Å²) < 4.78 is 16.8. The second-order valence-electron chi connectivity index (χ2n) is 8.28. The zero-order chi connectivity index (χ0) is 24.1. The summed E-state index contributed by atoms with van der Waals surface area (Å²) in [5.74, 6) is 1.59. The summed E-state index contributed by atoms with van der Waals surface area (Å²) in [6.07, 6.45) is 5.75. The first kappa shape index (κ1) is 23.4. The van der Waals surface area contributed by atoms with E-state index in [4.69, 9.17) is 13.6 Å². The van der Waals surface area contributed by atoms with Gasteiger partial charge in [-0.05, 0) is 63.4 Å². The van der Waals surface area contributed by atoms with Crippen LogP contribution >= 0.6 is 0 Å². The zero-order valence-corrected chi connectivity index (χ0v) is 19.7. The van der Waals surface area contributed by atoms with E-state index in [0.717, 1.165) is 30.6 Å². The first-order valence-electron chi connectivity index (χ1n) is 11.6. The van der Waals surface area contributed by atoms with Crippen LogP contribution in [0.4, 0.5) is 5.69 Å². The highest BCUT2D eigenvalue weighted by Crippen LogP contribution is 2.30. The number of hydrazone groups is 1. The predicted octanol–water partition coefficient (Wildman–Crippen LogP) is 5.39. The molecular formula is C26H29N3O5. The summed E-state index contributed by atoms with van der Waals surface area (Å²) in [5, 5.41) is 7.23. The van der Waals surface area contributed by atoms with Gasteiger partial charge in [0.25, 0.3) is 11.8 Å². The van der Waals surface area contributed by atoms with Crippen molar-refractivity contribution < 1.29 is 23.2 Å². The van der Waals surface area contributed by atoms with Gasteiger partial charge in [0.1, 0.15) is 17.3 Å². The number of nitrogens with one attached hydrogen (secondary N) is 2. The lowest BCUT2D eigenvalue weighted by atomic mass is 9.93. The van der Waals surface area contributed by atoms with Crippen molar-refractivity contribution in [2.75, 3.05) is 11.9 Å². The fraction of sp³-hybridized carbons (Fsp3) is 0.346. The van der Waals surface area contributed by atoms with Crippen molar-refractivity contribution in [3.8, 4) is 5.75 Å². The molecule has 178 valence electrons. The lowest BCUT2D eigenvalue weighted by molar-refractivity contribution is 0.0952. The minimum absolute atomic E-state index is 0.250. The van der Waals surface area contributed by atoms with Gasteiger partial charge >= 0.3 is 0 Å². The number of amides is 2. The molecule has 0 aliphatic heterocycles. The number of rotatable bonds is 8. The van der Waals surface area contributed by atoms with Gasteiger partial charge in [-0.2, -0.15) is 5.10 Å². The second kappa shape index (κ2) is 10.4. The number of carbonyl (C=O) groups is 2. The van der Waals surface area contributed by atoms with Gasteiger partial charge in [0, 0.05) is 23.2 Å². The molecule has 1 aliphatic carbocycles. The van der Waals surface area contributed by atoms with E-state index < -0.39 is 0 Å². The van der Waals surface area contributed by atoms with Gasteiger partial charge in [0.2, 0.25) is 0 Å². The Morgan fingerprint density at radius 1 is 1.09 bits per heavy atom. The third-order valence-corrected chi connectivity index (χ3v) is 5.81. The summed E-state index contributed by atoms with van der Waals surface area (Å²) in [4.78, 5) is 25.4. The summed E-state index contributed by atoms with van der Waals surface area (Å²) in [6, 6.07) is 8.88. The normalized spacial score (nSPS) is 14.0. The number of anilines is 1. The van der Waals surface area contributed by atoms with Crippen molar-refractivity contribution in [3.63, 3.8) is 0 Å². The topological polar surface area (TPSA) is 106 Å². The first-order valence-corrected chi connectivity index (χ1v) is 11.6. The molecule has 4 rings (SSSR count). The monoisotopic (exact) mass is 463 g/mol. The summed E-state index contributed by atoms with van der Waals surface area (Å²) >= 11 is 0. The number of furan rings is 2. The average molecular weight is 464 g/mol. The lowest BCUT2D eigenvalue weighted by Gasteiger charge is -2.13. The van der Waals surface area contributed by atoms with Gasteiger partial charge in [0.15, 0.2) is 5.76 Å². The van der Waals surface area contributed by atoms with E-state index in [-0.39, 0.29) is 17.6 Å². The Balaban J connectivity index is 1.47. The number of fused-ring (bicyclic) bond motifs is 1. The van der Waals surface area contributed by atoms with Crippen LogP contribution in [0.5, 0.6) is 5.75 Å². The second-order valence-corrected chi connectivity index (χ2v) is 8.28. The van der Waals surface area contributed by atoms with E-state index in [0.29, 0.717) is 53.5 Å². The predicted molar refractivity (Wildman–Crippen MR) is 129 cm³/mol. The fourth-order valence-electron chi connectivity index (χ4n) is 3.95. The maximum absolute atomic E-state index is 13.0. The highest BCUT2D eigenvalue weighted by Gasteiger charge is 2.28. The highest BCUT2D eigenvalue weighted by molar-refractivity contribution is 6.09. The average Bonchev–Trinajstić information content (AvgIpc) is 3.42. The number of aryl methyl sites for hydroxylation is 2. The van der Waals surface area contributed by atoms with Crippen molar-refractivity contribution in [3.05, 3.63) is 70.6 Å². The van der Waals surface area contributed by atoms with Gasteiger partial charge in [-0.3, -0.25) is 9.59 Å². The minimum atomic E-state index is -0.341. The smallest absolute Gasteiger partial charge is 0.291 e. The number of ether oxygens (including phenoxy) is 1. The van der Waals surface area contributed by atoms with Gasteiger partial charge in [-0.25, -0.2) is 5.43 Å². The minimum Gasteiger partial charge on any atom is -0.494 e. The maximum Gasteiger partial charge on any atom is 0.291 e. The van der Waals surface area contributed by atoms with Crippen LogP contribution < -0.4 is 15.5 Å². The number of carbonyl (C=O) groups excluding carboxylic acids is 2. The van der Waals surface area contributed by atoms with Crippen LogP contribution in [0.1, 0.15) is 76.2 Å². The maximum atomic E-state index is 13.0. The Bertz CT molecular complexity index is 1200. The van der Waals surface area contributed by atoms with Crippen LogP contribution in [0.3, 0.4) is 0 Å². The largest absolute Gasteiger partial charge is 0.494 e. The van der Waals surface area contributed by atoms with Crippen molar-refractivity contribution >= 4 is 23.2 Å². The van der Waals surface area contributed by atoms with Gasteiger partial charge in [0.05, 0.1) is 24.1 Å². The van der Waals surface area contributed by atoms with E-state index in [1.165, 1.54) is 6.26 Å². The molecule has 0 bridgehead atoms. The third-order valence-electron chi connectivity index (χ3n) is 5.81. The van der Waals surface area contributed by atoms with E-state index in [9.17, 15) is 9.59 Å². The zero-order valence-electron chi connectivity index (χ0n) is 19.7. The molecule has 0 unspecified atom stereocenters. The SMILES string of the molecule is CCCCOc1ccc(NC(=O)c2oc3c(c2C)/C(=N/NC(=O)c2ccoc2C)CCC3)cc1. The number of hydrogen-bond donors (Lipinski definition) is 2. The Hall–Kier alpha value is -3.81. The molecule has 0 saturated heterocycles. The lowest BCUT2D eigenvalue weighted by Crippen LogP contribution is -2.22. The van der Waals surface area contributed by atoms with Gasteiger partial charge in [-0.15, -0.1) is 0 Å². The van der Waals surface area contributed by atoms with Crippen LogP contribution in [0.2, 0.25) is 0 Å². The van der Waals surface area contributed by atoms with E-state index in [1.54, 1.807) is 25.1 Å². The summed E-state index contributed by atoms with van der Waals surface area (Å²) in [6.45, 7) is 6.35. The van der Waals surface area contributed by atoms with Crippen molar-refractivity contribution in [1.82, 2.24) is 5.43 Å². The van der Waals surface area contributed by atoms with Crippen LogP contribution in [0.15, 0.2) is 50.5 Å². The molecule has 2 amide bonds. The molecule has 3 aromatic rings. The Labute approximate surface area is 198 Å². The van der Waals surface area contributed by atoms with Crippen molar-refractivity contribution in [2.24, 2.45) is 5.10 Å². The third kappa shape index (κ3) is 5.06. The molecule has 1 aliphatic rings. The fourth-order valence-corrected chi connectivity index (χ4v) is 3.95. The number of benzene rings is 1. The molecular weight excluding hydrogens is 434 g/mol. The molecule has 2 aromatic heterocycles. The Morgan fingerprint density at radius 2 is 1.88 bits per heavy atom. The van der Waals surface area contributed by atoms with Crippen LogP contribution in [0.25, 0.3) is 0 Å². The molecule has 8 nitrogen and oxygen atoms in total. The number of hydrogen-bond acceptors (Lipinski definition) is 6. The summed E-state index contributed by atoms with van der Waals surface area (Å²) in [7, 11) is 0.